The number of hydrogen-bond acceptors (Lipinski definition) is 3. The predicted octanol–water partition coefficient (Wildman–Crippen LogP) is 2.98. The van der Waals surface area contributed by atoms with Gasteiger partial charge in [-0.3, -0.25) is 0 Å². The van der Waals surface area contributed by atoms with Crippen LogP contribution in [0.2, 0.25) is 0 Å². The van der Waals surface area contributed by atoms with E-state index >= 15 is 0 Å². The molecule has 0 bridgehead atoms. The Morgan fingerprint density at radius 1 is 1.53 bits per heavy atom. The second-order valence-electron chi connectivity index (χ2n) is 5.93. The van der Waals surface area contributed by atoms with Crippen molar-refractivity contribution in [2.75, 3.05) is 0 Å². The number of halogens is 2. The van der Waals surface area contributed by atoms with E-state index in [1.54, 1.807) is 6.07 Å². The Kier molecular flexibility index (Phi) is 2.78. The first kappa shape index (κ1) is 12.8. The van der Waals surface area contributed by atoms with Crippen LogP contribution in [0.4, 0.5) is 8.78 Å². The topological polar surface area (TPSA) is 48.1 Å². The van der Waals surface area contributed by atoms with Crippen LogP contribution in [-0.4, -0.2) is 16.5 Å². The zero-order chi connectivity index (χ0) is 13.7. The molecule has 0 radical (unpaired) electrons. The first-order valence-corrected chi connectivity index (χ1v) is 6.68. The van der Waals surface area contributed by atoms with Crippen LogP contribution >= 0.6 is 0 Å². The van der Waals surface area contributed by atoms with Gasteiger partial charge in [0.25, 0.3) is 0 Å². The Hall–Kier alpha value is -1.23. The van der Waals surface area contributed by atoms with Crippen molar-refractivity contribution in [3.05, 3.63) is 23.4 Å². The predicted molar refractivity (Wildman–Crippen MR) is 67.3 cm³/mol. The molecule has 2 heterocycles. The molecule has 5 heteroatoms. The van der Waals surface area contributed by atoms with Gasteiger partial charge >= 0.3 is 0 Å². The van der Waals surface area contributed by atoms with Crippen LogP contribution in [0.5, 0.6) is 5.88 Å². The molecule has 0 aromatic carbocycles. The minimum Gasteiger partial charge on any atom is -0.471 e. The Balaban J connectivity index is 1.87. The van der Waals surface area contributed by atoms with E-state index in [0.717, 1.165) is 38.2 Å². The molecule has 1 aliphatic heterocycles. The van der Waals surface area contributed by atoms with Crippen molar-refractivity contribution >= 4 is 0 Å². The molecule has 1 atom stereocenters. The summed E-state index contributed by atoms with van der Waals surface area (Å²) in [6.07, 6.45) is 5.09. The average molecular weight is 268 g/mol. The molecule has 0 amide bonds. The first-order chi connectivity index (χ1) is 8.87. The maximum atomic E-state index is 13.0. The molecule has 1 aromatic rings. The lowest BCUT2D eigenvalue weighted by Crippen LogP contribution is -2.48. The Morgan fingerprint density at radius 3 is 2.84 bits per heavy atom. The number of pyridine rings is 1. The van der Waals surface area contributed by atoms with Gasteiger partial charge in [0.2, 0.25) is 11.8 Å². The van der Waals surface area contributed by atoms with E-state index in [4.69, 9.17) is 10.5 Å². The lowest BCUT2D eigenvalue weighted by atomic mass is 9.73. The third-order valence-electron chi connectivity index (χ3n) is 4.02. The molecule has 1 saturated carbocycles. The third-order valence-corrected chi connectivity index (χ3v) is 4.02. The number of ether oxygens (including phenoxy) is 1. The number of nitrogens with two attached hydrogens (primary N) is 1. The van der Waals surface area contributed by atoms with Gasteiger partial charge in [0.15, 0.2) is 0 Å². The zero-order valence-corrected chi connectivity index (χ0v) is 11.0. The van der Waals surface area contributed by atoms with Gasteiger partial charge in [-0.05, 0) is 37.8 Å². The molecule has 1 unspecified atom stereocenters. The Labute approximate surface area is 111 Å². The van der Waals surface area contributed by atoms with Gasteiger partial charge in [0.05, 0.1) is 0 Å². The van der Waals surface area contributed by atoms with Crippen molar-refractivity contribution in [2.24, 2.45) is 5.73 Å². The first-order valence-electron chi connectivity index (χ1n) is 6.68. The van der Waals surface area contributed by atoms with Gasteiger partial charge in [-0.1, -0.05) is 0 Å². The molecular weight excluding hydrogens is 250 g/mol. The molecular formula is C14H18F2N2O. The number of fused-ring (bicyclic) bond motifs is 1. The van der Waals surface area contributed by atoms with Crippen molar-refractivity contribution in [2.45, 2.75) is 56.6 Å². The lowest BCUT2D eigenvalue weighted by Gasteiger charge is -2.46. The van der Waals surface area contributed by atoms with Gasteiger partial charge in [-0.2, -0.15) is 0 Å². The second kappa shape index (κ2) is 4.13. The maximum absolute atomic E-state index is 13.0. The highest BCUT2D eigenvalue weighted by Gasteiger charge is 2.45. The van der Waals surface area contributed by atoms with Crippen molar-refractivity contribution in [3.8, 4) is 5.88 Å². The second-order valence-corrected chi connectivity index (χ2v) is 5.93. The number of nitrogens with zero attached hydrogens (tertiary/aromatic N) is 1. The van der Waals surface area contributed by atoms with Crippen LogP contribution in [-0.2, 0) is 6.42 Å². The third kappa shape index (κ3) is 2.43. The molecule has 1 aliphatic carbocycles. The van der Waals surface area contributed by atoms with Crippen molar-refractivity contribution in [3.63, 3.8) is 0 Å². The molecule has 1 spiro atoms. The van der Waals surface area contributed by atoms with Crippen LogP contribution in [0.15, 0.2) is 12.3 Å². The Bertz CT molecular complexity index is 495. The largest absolute Gasteiger partial charge is 0.471 e. The van der Waals surface area contributed by atoms with Crippen LogP contribution in [0.3, 0.4) is 0 Å². The normalized spacial score (nSPS) is 24.5. The quantitative estimate of drug-likeness (QED) is 0.897. The number of rotatable bonds is 2. The van der Waals surface area contributed by atoms with Crippen molar-refractivity contribution in [1.82, 2.24) is 4.98 Å². The lowest BCUT2D eigenvalue weighted by molar-refractivity contribution is -0.0371. The van der Waals surface area contributed by atoms with E-state index < -0.39 is 5.92 Å². The van der Waals surface area contributed by atoms with Crippen LogP contribution in [0.25, 0.3) is 0 Å². The fraction of sp³-hybridized carbons (Fsp3) is 0.643. The fourth-order valence-electron chi connectivity index (χ4n) is 2.96. The smallest absolute Gasteiger partial charge is 0.249 e. The van der Waals surface area contributed by atoms with Gasteiger partial charge < -0.3 is 10.5 Å². The molecule has 1 fully saturated rings. The van der Waals surface area contributed by atoms with Crippen molar-refractivity contribution < 1.29 is 13.5 Å². The van der Waals surface area contributed by atoms with Gasteiger partial charge in [0, 0.05) is 30.6 Å². The van der Waals surface area contributed by atoms with E-state index in [1.807, 2.05) is 0 Å². The molecule has 2 N–H and O–H groups in total. The number of hydrogen-bond donors (Lipinski definition) is 1. The van der Waals surface area contributed by atoms with E-state index in [1.165, 1.54) is 6.20 Å². The van der Waals surface area contributed by atoms with Gasteiger partial charge in [-0.15, -0.1) is 0 Å². The Morgan fingerprint density at radius 2 is 2.26 bits per heavy atom. The van der Waals surface area contributed by atoms with E-state index in [9.17, 15) is 8.78 Å². The summed E-state index contributed by atoms with van der Waals surface area (Å²) in [4.78, 5) is 4.20. The van der Waals surface area contributed by atoms with E-state index in [2.05, 4.69) is 4.98 Å². The molecule has 0 saturated heterocycles. The highest BCUT2D eigenvalue weighted by molar-refractivity contribution is 5.36. The summed E-state index contributed by atoms with van der Waals surface area (Å²) in [6, 6.07) is 1.55. The minimum absolute atomic E-state index is 0.143. The average Bonchev–Trinajstić information content (AvgIpc) is 2.25. The SMILES string of the molecule is CC(F)(F)Cc1cnc2c(c1)C(N)CC1(CCC1)O2. The zero-order valence-electron chi connectivity index (χ0n) is 11.0. The van der Waals surface area contributed by atoms with Crippen molar-refractivity contribution in [1.29, 1.82) is 0 Å². The summed E-state index contributed by atoms with van der Waals surface area (Å²) in [7, 11) is 0. The monoisotopic (exact) mass is 268 g/mol. The molecule has 1 aromatic heterocycles. The van der Waals surface area contributed by atoms with Crippen LogP contribution in [0, 0.1) is 0 Å². The summed E-state index contributed by atoms with van der Waals surface area (Å²) >= 11 is 0. The maximum Gasteiger partial charge on any atom is 0.249 e. The highest BCUT2D eigenvalue weighted by atomic mass is 19.3. The molecule has 3 nitrogen and oxygen atoms in total. The molecule has 3 rings (SSSR count). The summed E-state index contributed by atoms with van der Waals surface area (Å²) in [5.74, 6) is -2.20. The van der Waals surface area contributed by atoms with Gasteiger partial charge in [-0.25, -0.2) is 13.8 Å². The highest BCUT2D eigenvalue weighted by Crippen LogP contribution is 2.47. The summed E-state index contributed by atoms with van der Waals surface area (Å²) in [5, 5.41) is 0. The summed E-state index contributed by atoms with van der Waals surface area (Å²) in [6.45, 7) is 0.909. The van der Waals surface area contributed by atoms with Gasteiger partial charge in [0.1, 0.15) is 5.60 Å². The standard InChI is InChI=1S/C14H18F2N2O/c1-13(15,16)6-9-5-10-11(17)7-14(3-2-4-14)19-12(10)18-8-9/h5,8,11H,2-4,6-7,17H2,1H3. The molecule has 104 valence electrons. The minimum atomic E-state index is -2.73. The summed E-state index contributed by atoms with van der Waals surface area (Å²) in [5.41, 5.74) is 7.29. The van der Waals surface area contributed by atoms with Crippen LogP contribution < -0.4 is 10.5 Å². The molecule has 2 aliphatic rings. The van der Waals surface area contributed by atoms with Crippen LogP contribution in [0.1, 0.15) is 49.8 Å². The number of aromatic nitrogens is 1. The number of alkyl halides is 2. The van der Waals surface area contributed by atoms with E-state index in [0.29, 0.717) is 11.4 Å². The fourth-order valence-corrected chi connectivity index (χ4v) is 2.96. The summed E-state index contributed by atoms with van der Waals surface area (Å²) < 4.78 is 32.0. The molecule has 19 heavy (non-hydrogen) atoms. The van der Waals surface area contributed by atoms with E-state index in [-0.39, 0.29) is 18.1 Å².